The van der Waals surface area contributed by atoms with Gasteiger partial charge in [-0.2, -0.15) is 0 Å². The van der Waals surface area contributed by atoms with Crippen LogP contribution < -0.4 is 10.2 Å². The van der Waals surface area contributed by atoms with Gasteiger partial charge in [-0.1, -0.05) is 17.7 Å². The van der Waals surface area contributed by atoms with Crippen LogP contribution in [0, 0.1) is 5.82 Å². The zero-order valence-electron chi connectivity index (χ0n) is 18.2. The Hall–Kier alpha value is -3.00. The maximum atomic E-state index is 13.7. The van der Waals surface area contributed by atoms with Crippen molar-refractivity contribution in [3.05, 3.63) is 87.8 Å². The predicted octanol–water partition coefficient (Wildman–Crippen LogP) is 3.90. The minimum Gasteiger partial charge on any atom is -0.389 e. The molecule has 4 rings (SSSR count). The van der Waals surface area contributed by atoms with Crippen molar-refractivity contribution < 1.29 is 19.0 Å². The van der Waals surface area contributed by atoms with Crippen molar-refractivity contribution in [3.63, 3.8) is 0 Å². The van der Waals surface area contributed by atoms with Crippen molar-refractivity contribution in [1.82, 2.24) is 10.3 Å². The first-order valence-electron chi connectivity index (χ1n) is 10.7. The fraction of sp³-hybridized carbons (Fsp3) is 0.280. The number of ether oxygens (including phenoxy) is 1. The molecule has 8 heteroatoms. The number of methoxy groups -OCH3 is 1. The number of pyridine rings is 1. The third kappa shape index (κ3) is 5.50. The molecule has 0 fully saturated rings. The normalized spacial score (nSPS) is 13.6. The second-order valence-corrected chi connectivity index (χ2v) is 8.44. The van der Waals surface area contributed by atoms with Crippen LogP contribution in [0.25, 0.3) is 0 Å². The SMILES string of the molecule is COC[C@@H](O)CNC(=O)c1cccc2c1CCN2c1cc(Cc2cc(F)cc(Cl)c2)ccn1. The van der Waals surface area contributed by atoms with Crippen LogP contribution in [-0.4, -0.2) is 48.9 Å². The Labute approximate surface area is 197 Å². The number of benzene rings is 2. The van der Waals surface area contributed by atoms with Crippen molar-refractivity contribution in [2.24, 2.45) is 0 Å². The number of aliphatic hydroxyl groups excluding tert-OH is 1. The lowest BCUT2D eigenvalue weighted by Crippen LogP contribution is -2.34. The molecule has 6 nitrogen and oxygen atoms in total. The van der Waals surface area contributed by atoms with Crippen LogP contribution >= 0.6 is 11.6 Å². The number of rotatable bonds is 8. The highest BCUT2D eigenvalue weighted by molar-refractivity contribution is 6.30. The maximum Gasteiger partial charge on any atom is 0.251 e. The largest absolute Gasteiger partial charge is 0.389 e. The van der Waals surface area contributed by atoms with Gasteiger partial charge in [0.2, 0.25) is 0 Å². The van der Waals surface area contributed by atoms with Crippen LogP contribution in [0.2, 0.25) is 5.02 Å². The van der Waals surface area contributed by atoms with Crippen molar-refractivity contribution in [2.45, 2.75) is 18.9 Å². The average Bonchev–Trinajstić information content (AvgIpc) is 3.21. The van der Waals surface area contributed by atoms with Gasteiger partial charge in [0.15, 0.2) is 0 Å². The third-order valence-corrected chi connectivity index (χ3v) is 5.76. The van der Waals surface area contributed by atoms with Gasteiger partial charge in [0.05, 0.1) is 12.7 Å². The zero-order chi connectivity index (χ0) is 23.4. The maximum absolute atomic E-state index is 13.7. The van der Waals surface area contributed by atoms with E-state index in [1.165, 1.54) is 19.2 Å². The zero-order valence-corrected chi connectivity index (χ0v) is 19.0. The molecule has 2 N–H and O–H groups in total. The number of carbonyl (C=O) groups excluding carboxylic acids is 1. The number of carbonyl (C=O) groups is 1. The molecule has 3 aromatic rings. The molecule has 2 aromatic carbocycles. The number of aliphatic hydroxyl groups is 1. The molecule has 2 heterocycles. The summed E-state index contributed by atoms with van der Waals surface area (Å²) in [5, 5.41) is 12.9. The Morgan fingerprint density at radius 3 is 2.91 bits per heavy atom. The van der Waals surface area contributed by atoms with E-state index in [9.17, 15) is 14.3 Å². The topological polar surface area (TPSA) is 74.7 Å². The number of amides is 1. The molecule has 172 valence electrons. The highest BCUT2D eigenvalue weighted by Gasteiger charge is 2.26. The molecule has 1 aliphatic heterocycles. The number of anilines is 2. The van der Waals surface area contributed by atoms with Gasteiger partial charge in [-0.15, -0.1) is 0 Å². The van der Waals surface area contributed by atoms with E-state index in [2.05, 4.69) is 15.2 Å². The second-order valence-electron chi connectivity index (χ2n) is 8.00. The van der Waals surface area contributed by atoms with E-state index in [0.29, 0.717) is 30.0 Å². The fourth-order valence-corrected chi connectivity index (χ4v) is 4.35. The number of fused-ring (bicyclic) bond motifs is 1. The van der Waals surface area contributed by atoms with Crippen LogP contribution in [-0.2, 0) is 17.6 Å². The summed E-state index contributed by atoms with van der Waals surface area (Å²) in [5.41, 5.74) is 4.23. The van der Waals surface area contributed by atoms with Crippen molar-refractivity contribution in [2.75, 3.05) is 31.7 Å². The molecule has 0 aliphatic carbocycles. The lowest BCUT2D eigenvalue weighted by molar-refractivity contribution is 0.0609. The molecule has 1 amide bonds. The van der Waals surface area contributed by atoms with Gasteiger partial charge in [-0.25, -0.2) is 9.37 Å². The van der Waals surface area contributed by atoms with Gasteiger partial charge >= 0.3 is 0 Å². The van der Waals surface area contributed by atoms with E-state index < -0.39 is 6.10 Å². The quantitative estimate of drug-likeness (QED) is 0.523. The second kappa shape index (κ2) is 10.3. The summed E-state index contributed by atoms with van der Waals surface area (Å²) in [6.45, 7) is 0.965. The minimum absolute atomic E-state index is 0.119. The molecule has 0 bridgehead atoms. The van der Waals surface area contributed by atoms with Crippen molar-refractivity contribution in [1.29, 1.82) is 0 Å². The molecule has 33 heavy (non-hydrogen) atoms. The molecular weight excluding hydrogens is 445 g/mol. The summed E-state index contributed by atoms with van der Waals surface area (Å²) in [6.07, 6.45) is 2.20. The summed E-state index contributed by atoms with van der Waals surface area (Å²) in [7, 11) is 1.50. The summed E-state index contributed by atoms with van der Waals surface area (Å²) >= 11 is 5.99. The average molecular weight is 470 g/mol. The highest BCUT2D eigenvalue weighted by atomic mass is 35.5. The van der Waals surface area contributed by atoms with E-state index in [1.807, 2.05) is 24.3 Å². The first-order chi connectivity index (χ1) is 15.9. The van der Waals surface area contributed by atoms with Crippen LogP contribution in [0.15, 0.2) is 54.7 Å². The highest BCUT2D eigenvalue weighted by Crippen LogP contribution is 2.36. The number of nitrogens with zero attached hydrogens (tertiary/aromatic N) is 2. The Balaban J connectivity index is 1.53. The van der Waals surface area contributed by atoms with E-state index in [0.717, 1.165) is 28.2 Å². The first-order valence-corrected chi connectivity index (χ1v) is 11.1. The monoisotopic (exact) mass is 469 g/mol. The van der Waals surface area contributed by atoms with E-state index in [4.69, 9.17) is 16.3 Å². The van der Waals surface area contributed by atoms with E-state index >= 15 is 0 Å². The molecule has 1 aliphatic rings. The van der Waals surface area contributed by atoms with E-state index in [-0.39, 0.29) is 24.9 Å². The molecule has 0 unspecified atom stereocenters. The Morgan fingerprint density at radius 2 is 2.12 bits per heavy atom. The fourth-order valence-electron chi connectivity index (χ4n) is 4.11. The lowest BCUT2D eigenvalue weighted by atomic mass is 10.0. The van der Waals surface area contributed by atoms with Crippen LogP contribution in [0.4, 0.5) is 15.9 Å². The minimum atomic E-state index is -0.757. The number of nitrogens with one attached hydrogen (secondary N) is 1. The molecule has 0 saturated carbocycles. The van der Waals surface area contributed by atoms with Gasteiger partial charge in [0.25, 0.3) is 5.91 Å². The summed E-state index contributed by atoms with van der Waals surface area (Å²) in [6, 6.07) is 14.0. The van der Waals surface area contributed by atoms with Crippen molar-refractivity contribution in [3.8, 4) is 0 Å². The van der Waals surface area contributed by atoms with Crippen molar-refractivity contribution >= 4 is 29.0 Å². The molecule has 1 atom stereocenters. The van der Waals surface area contributed by atoms with E-state index in [1.54, 1.807) is 18.3 Å². The van der Waals surface area contributed by atoms with Crippen LogP contribution in [0.1, 0.15) is 27.0 Å². The van der Waals surface area contributed by atoms with Gasteiger partial charge in [0, 0.05) is 42.7 Å². The van der Waals surface area contributed by atoms with Crippen LogP contribution in [0.3, 0.4) is 0 Å². The Kier molecular flexibility index (Phi) is 7.23. The number of hydrogen-bond donors (Lipinski definition) is 2. The summed E-state index contributed by atoms with van der Waals surface area (Å²) < 4.78 is 18.6. The number of halogens is 2. The third-order valence-electron chi connectivity index (χ3n) is 5.55. The summed E-state index contributed by atoms with van der Waals surface area (Å²) in [4.78, 5) is 19.3. The standard InChI is InChI=1S/C25H25ClFN3O3/c1-33-15-20(31)14-29-25(32)22-3-2-4-23-21(22)6-8-30(23)24-12-16(5-7-28-24)9-17-10-18(26)13-19(27)11-17/h2-5,7,10-13,20,31H,6,8-9,14-15H2,1H3,(H,29,32)/t20-/m0/s1. The molecular formula is C25H25ClFN3O3. The van der Waals surface area contributed by atoms with Gasteiger partial charge < -0.3 is 20.1 Å². The Bertz CT molecular complexity index is 1140. The molecule has 0 saturated heterocycles. The van der Waals surface area contributed by atoms with Crippen LogP contribution in [0.5, 0.6) is 0 Å². The number of aromatic nitrogens is 1. The molecule has 0 spiro atoms. The molecule has 0 radical (unpaired) electrons. The summed E-state index contributed by atoms with van der Waals surface area (Å²) in [5.74, 6) is 0.177. The van der Waals surface area contributed by atoms with Gasteiger partial charge in [-0.05, 0) is 72.0 Å². The predicted molar refractivity (Wildman–Crippen MR) is 126 cm³/mol. The first kappa shape index (κ1) is 23.2. The molecule has 1 aromatic heterocycles. The Morgan fingerprint density at radius 1 is 1.27 bits per heavy atom. The van der Waals surface area contributed by atoms with Gasteiger partial charge in [-0.3, -0.25) is 4.79 Å². The van der Waals surface area contributed by atoms with Gasteiger partial charge in [0.1, 0.15) is 11.6 Å². The smallest absolute Gasteiger partial charge is 0.251 e. The lowest BCUT2D eigenvalue weighted by Gasteiger charge is -2.19. The number of hydrogen-bond acceptors (Lipinski definition) is 5.